The zero-order chi connectivity index (χ0) is 15.4. The summed E-state index contributed by atoms with van der Waals surface area (Å²) in [5, 5.41) is 4.27. The molecule has 3 aromatic rings. The molecule has 110 valence electrons. The number of anilines is 1. The Morgan fingerprint density at radius 2 is 2.05 bits per heavy atom. The van der Waals surface area contributed by atoms with Crippen LogP contribution in [0.1, 0.15) is 0 Å². The highest BCUT2D eigenvalue weighted by Gasteiger charge is 2.05. The number of rotatable bonds is 4. The highest BCUT2D eigenvalue weighted by atomic mass is 35.5. The van der Waals surface area contributed by atoms with E-state index in [4.69, 9.17) is 16.3 Å². The van der Waals surface area contributed by atoms with Crippen LogP contribution in [-0.4, -0.2) is 17.5 Å². The van der Waals surface area contributed by atoms with E-state index in [1.54, 1.807) is 36.5 Å². The number of pyridine rings is 1. The summed E-state index contributed by atoms with van der Waals surface area (Å²) in [6.45, 7) is -0.0711. The van der Waals surface area contributed by atoms with Crippen molar-refractivity contribution in [1.82, 2.24) is 4.98 Å². The van der Waals surface area contributed by atoms with Gasteiger partial charge in [-0.3, -0.25) is 9.78 Å². The van der Waals surface area contributed by atoms with Crippen LogP contribution in [0.3, 0.4) is 0 Å². The summed E-state index contributed by atoms with van der Waals surface area (Å²) in [6, 6.07) is 16.3. The third-order valence-electron chi connectivity index (χ3n) is 3.05. The van der Waals surface area contributed by atoms with Crippen LogP contribution in [0.4, 0.5) is 5.69 Å². The number of aromatic nitrogens is 1. The van der Waals surface area contributed by atoms with Gasteiger partial charge < -0.3 is 10.1 Å². The normalized spacial score (nSPS) is 10.4. The van der Waals surface area contributed by atoms with Gasteiger partial charge in [-0.25, -0.2) is 0 Å². The van der Waals surface area contributed by atoms with Crippen LogP contribution in [0.25, 0.3) is 10.9 Å². The number of nitrogens with one attached hydrogen (secondary N) is 1. The summed E-state index contributed by atoms with van der Waals surface area (Å²) < 4.78 is 5.51. The Morgan fingerprint density at radius 3 is 2.91 bits per heavy atom. The molecule has 22 heavy (non-hydrogen) atoms. The lowest BCUT2D eigenvalue weighted by molar-refractivity contribution is -0.118. The molecule has 0 saturated carbocycles. The van der Waals surface area contributed by atoms with Crippen LogP contribution in [0, 0.1) is 0 Å². The number of halogens is 1. The fourth-order valence-corrected chi connectivity index (χ4v) is 2.25. The average molecular weight is 313 g/mol. The van der Waals surface area contributed by atoms with Crippen molar-refractivity contribution in [2.24, 2.45) is 0 Å². The molecule has 1 heterocycles. The number of ether oxygens (including phenoxy) is 1. The standard InChI is InChI=1S/C17H13ClN2O2/c18-13-4-1-5-14(10-13)20-17(21)11-22-15-6-7-16-12(9-15)3-2-8-19-16/h1-10H,11H2,(H,20,21). The molecule has 5 heteroatoms. The third kappa shape index (κ3) is 3.54. The summed E-state index contributed by atoms with van der Waals surface area (Å²) in [7, 11) is 0. The SMILES string of the molecule is O=C(COc1ccc2ncccc2c1)Nc1cccc(Cl)c1. The predicted molar refractivity (Wildman–Crippen MR) is 87.3 cm³/mol. The van der Waals surface area contributed by atoms with Crippen LogP contribution in [0.5, 0.6) is 5.75 Å². The number of carbonyl (C=O) groups excluding carboxylic acids is 1. The first-order valence-corrected chi connectivity index (χ1v) is 7.11. The second-order valence-corrected chi connectivity index (χ2v) is 5.14. The fraction of sp³-hybridized carbons (Fsp3) is 0.0588. The van der Waals surface area contributed by atoms with Crippen molar-refractivity contribution in [3.05, 3.63) is 65.8 Å². The molecule has 0 spiro atoms. The number of benzene rings is 2. The van der Waals surface area contributed by atoms with Gasteiger partial charge in [0.2, 0.25) is 0 Å². The molecule has 0 unspecified atom stereocenters. The van der Waals surface area contributed by atoms with E-state index >= 15 is 0 Å². The van der Waals surface area contributed by atoms with E-state index in [2.05, 4.69) is 10.3 Å². The lowest BCUT2D eigenvalue weighted by atomic mass is 10.2. The topological polar surface area (TPSA) is 51.2 Å². The van der Waals surface area contributed by atoms with Crippen molar-refractivity contribution >= 4 is 34.1 Å². The predicted octanol–water partition coefficient (Wildman–Crippen LogP) is 3.91. The first-order chi connectivity index (χ1) is 10.7. The van der Waals surface area contributed by atoms with Crippen LogP contribution in [0.2, 0.25) is 5.02 Å². The summed E-state index contributed by atoms with van der Waals surface area (Å²) in [5.74, 6) is 0.385. The zero-order valence-corrected chi connectivity index (χ0v) is 12.4. The summed E-state index contributed by atoms with van der Waals surface area (Å²) >= 11 is 5.87. The Bertz CT molecular complexity index is 820. The van der Waals surface area contributed by atoms with Gasteiger partial charge in [-0.05, 0) is 42.5 Å². The van der Waals surface area contributed by atoms with Gasteiger partial charge in [0.05, 0.1) is 5.52 Å². The number of amides is 1. The van der Waals surface area contributed by atoms with Crippen molar-refractivity contribution in [2.75, 3.05) is 11.9 Å². The molecule has 0 aliphatic rings. The van der Waals surface area contributed by atoms with Crippen LogP contribution in [0.15, 0.2) is 60.8 Å². The molecule has 0 atom stereocenters. The number of nitrogens with zero attached hydrogens (tertiary/aromatic N) is 1. The Morgan fingerprint density at radius 1 is 1.14 bits per heavy atom. The Balaban J connectivity index is 1.62. The summed E-state index contributed by atoms with van der Waals surface area (Å²) in [4.78, 5) is 16.1. The van der Waals surface area contributed by atoms with Gasteiger partial charge in [0.15, 0.2) is 6.61 Å². The molecule has 3 rings (SSSR count). The molecule has 0 fully saturated rings. The van der Waals surface area contributed by atoms with Gasteiger partial charge in [0, 0.05) is 22.3 Å². The minimum Gasteiger partial charge on any atom is -0.484 e. The quantitative estimate of drug-likeness (QED) is 0.794. The largest absolute Gasteiger partial charge is 0.484 e. The van der Waals surface area contributed by atoms with Crippen LogP contribution in [-0.2, 0) is 4.79 Å². The average Bonchev–Trinajstić information content (AvgIpc) is 2.53. The molecule has 0 radical (unpaired) electrons. The third-order valence-corrected chi connectivity index (χ3v) is 3.29. The molecule has 0 saturated heterocycles. The molecular weight excluding hydrogens is 300 g/mol. The van der Waals surface area contributed by atoms with Gasteiger partial charge in [0.1, 0.15) is 5.75 Å². The molecule has 4 nitrogen and oxygen atoms in total. The monoisotopic (exact) mass is 312 g/mol. The minimum atomic E-state index is -0.242. The minimum absolute atomic E-state index is 0.0711. The molecule has 1 aromatic heterocycles. The number of hydrogen-bond donors (Lipinski definition) is 1. The maximum atomic E-state index is 11.9. The fourth-order valence-electron chi connectivity index (χ4n) is 2.06. The summed E-state index contributed by atoms with van der Waals surface area (Å²) in [6.07, 6.45) is 1.74. The van der Waals surface area contributed by atoms with Gasteiger partial charge in [-0.2, -0.15) is 0 Å². The van der Waals surface area contributed by atoms with Crippen molar-refractivity contribution in [1.29, 1.82) is 0 Å². The molecule has 0 aliphatic heterocycles. The zero-order valence-electron chi connectivity index (χ0n) is 11.6. The number of hydrogen-bond acceptors (Lipinski definition) is 3. The number of fused-ring (bicyclic) bond motifs is 1. The first kappa shape index (κ1) is 14.4. The van der Waals surface area contributed by atoms with Gasteiger partial charge >= 0.3 is 0 Å². The second-order valence-electron chi connectivity index (χ2n) is 4.71. The van der Waals surface area contributed by atoms with E-state index in [0.29, 0.717) is 16.5 Å². The van der Waals surface area contributed by atoms with Gasteiger partial charge in [-0.15, -0.1) is 0 Å². The van der Waals surface area contributed by atoms with Crippen molar-refractivity contribution in [3.63, 3.8) is 0 Å². The molecule has 2 aromatic carbocycles. The molecular formula is C17H13ClN2O2. The summed E-state index contributed by atoms with van der Waals surface area (Å²) in [5.41, 5.74) is 1.53. The van der Waals surface area contributed by atoms with E-state index in [1.165, 1.54) is 0 Å². The van der Waals surface area contributed by atoms with E-state index < -0.39 is 0 Å². The van der Waals surface area contributed by atoms with Gasteiger partial charge in [-0.1, -0.05) is 23.7 Å². The maximum absolute atomic E-state index is 11.9. The van der Waals surface area contributed by atoms with Gasteiger partial charge in [0.25, 0.3) is 5.91 Å². The first-order valence-electron chi connectivity index (χ1n) is 6.74. The lowest BCUT2D eigenvalue weighted by Crippen LogP contribution is -2.20. The molecule has 0 bridgehead atoms. The van der Waals surface area contributed by atoms with E-state index in [0.717, 1.165) is 10.9 Å². The Labute approximate surface area is 132 Å². The maximum Gasteiger partial charge on any atom is 0.262 e. The lowest BCUT2D eigenvalue weighted by Gasteiger charge is -2.08. The molecule has 1 N–H and O–H groups in total. The van der Waals surface area contributed by atoms with E-state index in [-0.39, 0.29) is 12.5 Å². The Hall–Kier alpha value is -2.59. The van der Waals surface area contributed by atoms with Crippen molar-refractivity contribution in [2.45, 2.75) is 0 Å². The van der Waals surface area contributed by atoms with E-state index in [1.807, 2.05) is 24.3 Å². The van der Waals surface area contributed by atoms with Crippen LogP contribution >= 0.6 is 11.6 Å². The molecule has 1 amide bonds. The van der Waals surface area contributed by atoms with Crippen molar-refractivity contribution in [3.8, 4) is 5.75 Å². The van der Waals surface area contributed by atoms with Crippen molar-refractivity contribution < 1.29 is 9.53 Å². The second kappa shape index (κ2) is 6.45. The Kier molecular flexibility index (Phi) is 4.21. The highest BCUT2D eigenvalue weighted by Crippen LogP contribution is 2.19. The van der Waals surface area contributed by atoms with Crippen LogP contribution < -0.4 is 10.1 Å². The smallest absolute Gasteiger partial charge is 0.262 e. The van der Waals surface area contributed by atoms with E-state index in [9.17, 15) is 4.79 Å². The number of carbonyl (C=O) groups is 1. The highest BCUT2D eigenvalue weighted by molar-refractivity contribution is 6.30. The molecule has 0 aliphatic carbocycles.